The van der Waals surface area contributed by atoms with Gasteiger partial charge >= 0.3 is 6.03 Å². The number of halogens is 2. The lowest BCUT2D eigenvalue weighted by Crippen LogP contribution is -2.63. The molecular formula is C20H26Cl2N6O. The first-order valence-electron chi connectivity index (χ1n) is 9.57. The summed E-state index contributed by atoms with van der Waals surface area (Å²) in [5.74, 6) is 1.25. The van der Waals surface area contributed by atoms with Gasteiger partial charge in [-0.25, -0.2) is 4.79 Å². The third kappa shape index (κ3) is 5.10. The van der Waals surface area contributed by atoms with Crippen LogP contribution in [-0.4, -0.2) is 48.3 Å². The van der Waals surface area contributed by atoms with Crippen molar-refractivity contribution < 1.29 is 4.79 Å². The number of urea groups is 1. The van der Waals surface area contributed by atoms with E-state index in [4.69, 9.17) is 28.6 Å². The van der Waals surface area contributed by atoms with Crippen LogP contribution in [0.15, 0.2) is 35.0 Å². The third-order valence-corrected chi connectivity index (χ3v) is 5.92. The zero-order valence-corrected chi connectivity index (χ0v) is 18.1. The maximum Gasteiger partial charge on any atom is 0.324 e. The molecule has 0 radical (unpaired) electrons. The number of hydrogen-bond donors (Lipinski definition) is 4. The molecule has 0 aliphatic carbocycles. The van der Waals surface area contributed by atoms with Crippen molar-refractivity contribution in [2.45, 2.75) is 32.5 Å². The Morgan fingerprint density at radius 2 is 2.17 bits per heavy atom. The van der Waals surface area contributed by atoms with Gasteiger partial charge in [0.2, 0.25) is 0 Å². The van der Waals surface area contributed by atoms with E-state index in [2.05, 4.69) is 20.9 Å². The van der Waals surface area contributed by atoms with Crippen LogP contribution in [0.5, 0.6) is 0 Å². The molecule has 0 saturated carbocycles. The van der Waals surface area contributed by atoms with Crippen molar-refractivity contribution in [2.24, 2.45) is 10.9 Å². The van der Waals surface area contributed by atoms with Crippen molar-refractivity contribution in [3.05, 3.63) is 45.6 Å². The molecule has 1 aromatic carbocycles. The Bertz CT molecular complexity index is 829. The first kappa shape index (κ1) is 21.6. The van der Waals surface area contributed by atoms with Crippen molar-refractivity contribution in [3.63, 3.8) is 0 Å². The molecule has 1 aromatic rings. The summed E-state index contributed by atoms with van der Waals surface area (Å²) in [5.41, 5.74) is 0.177. The van der Waals surface area contributed by atoms with Crippen molar-refractivity contribution >= 4 is 41.3 Å². The summed E-state index contributed by atoms with van der Waals surface area (Å²) < 4.78 is 0. The van der Waals surface area contributed by atoms with Gasteiger partial charge in [-0.05, 0) is 57.5 Å². The van der Waals surface area contributed by atoms with E-state index in [-0.39, 0.29) is 12.6 Å². The van der Waals surface area contributed by atoms with E-state index < -0.39 is 5.66 Å². The highest BCUT2D eigenvalue weighted by atomic mass is 35.5. The molecule has 2 unspecified atom stereocenters. The van der Waals surface area contributed by atoms with Crippen molar-refractivity contribution in [2.75, 3.05) is 19.6 Å². The van der Waals surface area contributed by atoms with Gasteiger partial charge in [0.25, 0.3) is 0 Å². The zero-order chi connectivity index (χ0) is 21.0. The lowest BCUT2D eigenvalue weighted by molar-refractivity contribution is 0.132. The summed E-state index contributed by atoms with van der Waals surface area (Å²) in [5, 5.41) is 18.0. The summed E-state index contributed by atoms with van der Waals surface area (Å²) in [7, 11) is 0. The number of nitrogens with one attached hydrogen (secondary N) is 4. The topological polar surface area (TPSA) is 92.6 Å². The fraction of sp³-hybridized carbons (Fsp3) is 0.450. The van der Waals surface area contributed by atoms with Crippen LogP contribution in [0, 0.1) is 11.3 Å². The Balaban J connectivity index is 1.86. The summed E-state index contributed by atoms with van der Waals surface area (Å²) in [6.07, 6.45) is 4.03. The quantitative estimate of drug-likeness (QED) is 0.406. The first-order chi connectivity index (χ1) is 13.8. The van der Waals surface area contributed by atoms with Crippen LogP contribution in [0.2, 0.25) is 10.0 Å². The van der Waals surface area contributed by atoms with E-state index in [1.807, 2.05) is 13.8 Å². The van der Waals surface area contributed by atoms with Gasteiger partial charge in [-0.2, -0.15) is 0 Å². The molecule has 2 heterocycles. The SMILES string of the molecule is CC(=NCC1CCNC1)NC1(C)C=C(C=N)NC(=O)N1Cc1c(Cl)cccc1Cl. The van der Waals surface area contributed by atoms with Gasteiger partial charge in [-0.15, -0.1) is 0 Å². The minimum absolute atomic E-state index is 0.204. The van der Waals surface area contributed by atoms with Crippen molar-refractivity contribution in [1.29, 1.82) is 5.41 Å². The smallest absolute Gasteiger partial charge is 0.324 e. The van der Waals surface area contributed by atoms with Gasteiger partial charge in [0, 0.05) is 28.4 Å². The van der Waals surface area contributed by atoms with E-state index in [9.17, 15) is 4.79 Å². The molecule has 4 N–H and O–H groups in total. The minimum atomic E-state index is -0.904. The second-order valence-electron chi connectivity index (χ2n) is 7.52. The predicted octanol–water partition coefficient (Wildman–Crippen LogP) is 3.39. The Hall–Kier alpha value is -2.09. The van der Waals surface area contributed by atoms with Gasteiger partial charge in [-0.1, -0.05) is 29.3 Å². The molecule has 0 bridgehead atoms. The molecule has 156 valence electrons. The molecule has 1 fully saturated rings. The second-order valence-corrected chi connectivity index (χ2v) is 8.33. The van der Waals surface area contributed by atoms with Gasteiger partial charge in [-0.3, -0.25) is 9.89 Å². The number of rotatable bonds is 6. The van der Waals surface area contributed by atoms with Crippen LogP contribution in [0.4, 0.5) is 4.79 Å². The highest BCUT2D eigenvalue weighted by molar-refractivity contribution is 6.36. The van der Waals surface area contributed by atoms with E-state index >= 15 is 0 Å². The minimum Gasteiger partial charge on any atom is -0.348 e. The number of amides is 2. The maximum absolute atomic E-state index is 12.9. The lowest BCUT2D eigenvalue weighted by Gasteiger charge is -2.43. The number of allylic oxidation sites excluding steroid dienone is 1. The Morgan fingerprint density at radius 3 is 2.79 bits per heavy atom. The number of carbonyl (C=O) groups excluding carboxylic acids is 1. The molecule has 29 heavy (non-hydrogen) atoms. The fourth-order valence-electron chi connectivity index (χ4n) is 3.62. The van der Waals surface area contributed by atoms with Gasteiger partial charge in [0.05, 0.1) is 18.1 Å². The van der Waals surface area contributed by atoms with Gasteiger partial charge in [0.1, 0.15) is 5.66 Å². The molecule has 2 atom stereocenters. The molecule has 3 rings (SSSR count). The van der Waals surface area contributed by atoms with Gasteiger partial charge < -0.3 is 21.4 Å². The van der Waals surface area contributed by atoms with Crippen molar-refractivity contribution in [1.82, 2.24) is 20.9 Å². The largest absolute Gasteiger partial charge is 0.348 e. The van der Waals surface area contributed by atoms with Crippen LogP contribution in [-0.2, 0) is 6.54 Å². The third-order valence-electron chi connectivity index (χ3n) is 5.21. The van der Waals surface area contributed by atoms with Crippen LogP contribution in [0.3, 0.4) is 0 Å². The fourth-order valence-corrected chi connectivity index (χ4v) is 4.14. The van der Waals surface area contributed by atoms with Crippen LogP contribution >= 0.6 is 23.2 Å². The number of hydrogen-bond acceptors (Lipinski definition) is 4. The average molecular weight is 437 g/mol. The van der Waals surface area contributed by atoms with Gasteiger partial charge in [0.15, 0.2) is 0 Å². The predicted molar refractivity (Wildman–Crippen MR) is 118 cm³/mol. The van der Waals surface area contributed by atoms with E-state index in [1.54, 1.807) is 29.2 Å². The summed E-state index contributed by atoms with van der Waals surface area (Å²) in [4.78, 5) is 19.1. The summed E-state index contributed by atoms with van der Waals surface area (Å²) in [6.45, 7) is 6.70. The standard InChI is InChI=1S/C20H26Cl2N6O/c1-13(25-11-14-6-7-24-10-14)27-20(2)8-15(9-23)26-19(29)28(20)12-16-17(21)4-3-5-18(16)22/h3-5,8-9,14,23-24H,6-7,10-12H2,1-2H3,(H,25,27)(H,26,29). The lowest BCUT2D eigenvalue weighted by atomic mass is 10.0. The normalized spacial score (nSPS) is 24.9. The molecule has 2 aliphatic heterocycles. The monoisotopic (exact) mass is 436 g/mol. The highest BCUT2D eigenvalue weighted by Crippen LogP contribution is 2.30. The molecule has 9 heteroatoms. The summed E-state index contributed by atoms with van der Waals surface area (Å²) in [6, 6.07) is 4.92. The second kappa shape index (κ2) is 9.15. The molecule has 0 spiro atoms. The Kier molecular flexibility index (Phi) is 6.82. The van der Waals surface area contributed by atoms with Crippen LogP contribution in [0.25, 0.3) is 0 Å². The number of carbonyl (C=O) groups is 1. The molecule has 1 saturated heterocycles. The molecule has 0 aromatic heterocycles. The highest BCUT2D eigenvalue weighted by Gasteiger charge is 2.38. The van der Waals surface area contributed by atoms with Crippen molar-refractivity contribution in [3.8, 4) is 0 Å². The number of nitrogens with zero attached hydrogens (tertiary/aromatic N) is 2. The number of amidine groups is 1. The molecule has 2 amide bonds. The molecule has 7 nitrogen and oxygen atoms in total. The Labute approximate surface area is 181 Å². The summed E-state index contributed by atoms with van der Waals surface area (Å²) >= 11 is 12.7. The maximum atomic E-state index is 12.9. The molecule has 2 aliphatic rings. The van der Waals surface area contributed by atoms with Crippen LogP contribution < -0.4 is 16.0 Å². The first-order valence-corrected chi connectivity index (χ1v) is 10.3. The van der Waals surface area contributed by atoms with Crippen LogP contribution in [0.1, 0.15) is 25.8 Å². The zero-order valence-electron chi connectivity index (χ0n) is 16.6. The Morgan fingerprint density at radius 1 is 1.45 bits per heavy atom. The number of aliphatic imine (C=N–C) groups is 1. The van der Waals surface area contributed by atoms with E-state index in [0.29, 0.717) is 27.2 Å². The number of benzene rings is 1. The van der Waals surface area contributed by atoms with E-state index in [0.717, 1.165) is 38.1 Å². The average Bonchev–Trinajstić information content (AvgIpc) is 3.18. The molecular weight excluding hydrogens is 411 g/mol. The van der Waals surface area contributed by atoms with E-state index in [1.165, 1.54) is 0 Å².